The van der Waals surface area contributed by atoms with Crippen LogP contribution in [0.5, 0.6) is 5.75 Å². The van der Waals surface area contributed by atoms with E-state index in [0.717, 1.165) is 25.9 Å². The zero-order chi connectivity index (χ0) is 17.6. The summed E-state index contributed by atoms with van der Waals surface area (Å²) >= 11 is 5.99. The van der Waals surface area contributed by atoms with E-state index in [1.807, 2.05) is 6.92 Å². The smallest absolute Gasteiger partial charge is 0.240 e. The Morgan fingerprint density at radius 3 is 2.96 bits per heavy atom. The third kappa shape index (κ3) is 5.32. The molecule has 0 unspecified atom stereocenters. The van der Waals surface area contributed by atoms with Crippen LogP contribution in [0.4, 0.5) is 0 Å². The average molecular weight is 377 g/mol. The van der Waals surface area contributed by atoms with Gasteiger partial charge in [0.05, 0.1) is 16.5 Å². The van der Waals surface area contributed by atoms with Crippen LogP contribution in [0.15, 0.2) is 23.1 Å². The van der Waals surface area contributed by atoms with E-state index in [1.165, 1.54) is 18.2 Å². The number of likely N-dealkylation sites (tertiary alicyclic amines) is 1. The highest BCUT2D eigenvalue weighted by Gasteiger charge is 2.20. The minimum Gasteiger partial charge on any atom is -0.492 e. The van der Waals surface area contributed by atoms with Gasteiger partial charge in [0.25, 0.3) is 0 Å². The van der Waals surface area contributed by atoms with Crippen LogP contribution in [-0.2, 0) is 10.0 Å². The van der Waals surface area contributed by atoms with E-state index < -0.39 is 10.0 Å². The van der Waals surface area contributed by atoms with Gasteiger partial charge in [0.15, 0.2) is 0 Å². The van der Waals surface area contributed by atoms with E-state index in [1.54, 1.807) is 0 Å². The first-order valence-corrected chi connectivity index (χ1v) is 10.1. The maximum absolute atomic E-state index is 12.4. The molecule has 1 heterocycles. The number of nitrogens with one attached hydrogen (secondary N) is 1. The maximum Gasteiger partial charge on any atom is 0.240 e. The predicted octanol–water partition coefficient (Wildman–Crippen LogP) is 1.72. The first-order chi connectivity index (χ1) is 11.5. The number of piperidine rings is 1. The van der Waals surface area contributed by atoms with Crippen molar-refractivity contribution in [2.24, 2.45) is 5.92 Å². The summed E-state index contributed by atoms with van der Waals surface area (Å²) in [7, 11) is -3.60. The zero-order valence-electron chi connectivity index (χ0n) is 13.9. The molecular formula is C16H25ClN2O4S. The molecule has 2 N–H and O–H groups in total. The van der Waals surface area contributed by atoms with E-state index >= 15 is 0 Å². The Kier molecular flexibility index (Phi) is 7.31. The molecule has 0 aliphatic carbocycles. The molecule has 0 bridgehead atoms. The molecule has 1 saturated heterocycles. The van der Waals surface area contributed by atoms with Crippen molar-refractivity contribution < 1.29 is 18.3 Å². The van der Waals surface area contributed by atoms with E-state index in [2.05, 4.69) is 9.62 Å². The molecule has 6 nitrogen and oxygen atoms in total. The fraction of sp³-hybridized carbons (Fsp3) is 0.625. The fourth-order valence-corrected chi connectivity index (χ4v) is 4.05. The summed E-state index contributed by atoms with van der Waals surface area (Å²) in [5.74, 6) is 0.657. The standard InChI is InChI=1S/C16H25ClN2O4S/c1-2-23-16-10-14(5-6-15(16)17)24(21,22)18-7-9-19-8-3-4-13(11-19)12-20/h5-6,10,13,18,20H,2-4,7-9,11-12H2,1H3/t13-/m0/s1. The summed E-state index contributed by atoms with van der Waals surface area (Å²) in [4.78, 5) is 2.32. The molecule has 136 valence electrons. The first kappa shape index (κ1) is 19.5. The predicted molar refractivity (Wildman–Crippen MR) is 94.1 cm³/mol. The van der Waals surface area contributed by atoms with Crippen LogP contribution in [0.1, 0.15) is 19.8 Å². The van der Waals surface area contributed by atoms with Crippen LogP contribution in [0, 0.1) is 5.92 Å². The van der Waals surface area contributed by atoms with Crippen LogP contribution < -0.4 is 9.46 Å². The Hall–Kier alpha value is -0.860. The number of benzene rings is 1. The molecule has 1 fully saturated rings. The molecule has 0 amide bonds. The number of nitrogens with zero attached hydrogens (tertiary/aromatic N) is 1. The fourth-order valence-electron chi connectivity index (χ4n) is 2.84. The summed E-state index contributed by atoms with van der Waals surface area (Å²) in [6.07, 6.45) is 2.07. The van der Waals surface area contributed by atoms with Gasteiger partial charge in [-0.25, -0.2) is 13.1 Å². The van der Waals surface area contributed by atoms with Crippen LogP contribution in [0.2, 0.25) is 5.02 Å². The van der Waals surface area contributed by atoms with Gasteiger partial charge in [-0.3, -0.25) is 0 Å². The van der Waals surface area contributed by atoms with Crippen LogP contribution >= 0.6 is 11.6 Å². The Morgan fingerprint density at radius 1 is 1.46 bits per heavy atom. The number of ether oxygens (including phenoxy) is 1. The second kappa shape index (κ2) is 9.01. The molecule has 0 radical (unpaired) electrons. The number of hydrogen-bond acceptors (Lipinski definition) is 5. The lowest BCUT2D eigenvalue weighted by Crippen LogP contribution is -2.41. The third-order valence-corrected chi connectivity index (χ3v) is 5.87. The normalized spacial score (nSPS) is 19.4. The highest BCUT2D eigenvalue weighted by Crippen LogP contribution is 2.27. The van der Waals surface area contributed by atoms with Gasteiger partial charge in [0, 0.05) is 32.3 Å². The van der Waals surface area contributed by atoms with Crippen molar-refractivity contribution >= 4 is 21.6 Å². The van der Waals surface area contributed by atoms with Crippen molar-refractivity contribution in [3.63, 3.8) is 0 Å². The molecule has 2 rings (SSSR count). The van der Waals surface area contributed by atoms with Crippen molar-refractivity contribution in [3.8, 4) is 5.75 Å². The highest BCUT2D eigenvalue weighted by molar-refractivity contribution is 7.89. The number of aliphatic hydroxyl groups excluding tert-OH is 1. The van der Waals surface area contributed by atoms with Gasteiger partial charge in [-0.1, -0.05) is 11.6 Å². The van der Waals surface area contributed by atoms with Gasteiger partial charge in [-0.05, 0) is 44.4 Å². The first-order valence-electron chi connectivity index (χ1n) is 8.21. The number of halogens is 1. The van der Waals surface area contributed by atoms with Gasteiger partial charge in [-0.2, -0.15) is 0 Å². The van der Waals surface area contributed by atoms with Crippen molar-refractivity contribution in [1.82, 2.24) is 9.62 Å². The summed E-state index contributed by atoms with van der Waals surface area (Å²) < 4.78 is 32.7. The number of rotatable bonds is 8. The Balaban J connectivity index is 1.92. The Morgan fingerprint density at radius 2 is 2.25 bits per heavy atom. The van der Waals surface area contributed by atoms with Gasteiger partial charge < -0.3 is 14.7 Å². The number of hydrogen-bond donors (Lipinski definition) is 2. The largest absolute Gasteiger partial charge is 0.492 e. The SMILES string of the molecule is CCOc1cc(S(=O)(=O)NCCN2CCC[C@H](CO)C2)ccc1Cl. The van der Waals surface area contributed by atoms with Crippen LogP contribution in [-0.4, -0.2) is 57.8 Å². The monoisotopic (exact) mass is 376 g/mol. The van der Waals surface area contributed by atoms with Gasteiger partial charge in [-0.15, -0.1) is 0 Å². The lowest BCUT2D eigenvalue weighted by molar-refractivity contribution is 0.122. The van der Waals surface area contributed by atoms with Crippen molar-refractivity contribution in [1.29, 1.82) is 0 Å². The molecule has 24 heavy (non-hydrogen) atoms. The lowest BCUT2D eigenvalue weighted by atomic mass is 9.99. The zero-order valence-corrected chi connectivity index (χ0v) is 15.4. The van der Waals surface area contributed by atoms with Crippen LogP contribution in [0.25, 0.3) is 0 Å². The van der Waals surface area contributed by atoms with Crippen molar-refractivity contribution in [2.45, 2.75) is 24.7 Å². The molecule has 0 spiro atoms. The Labute approximate surface area is 148 Å². The average Bonchev–Trinajstić information content (AvgIpc) is 2.57. The molecular weight excluding hydrogens is 352 g/mol. The van der Waals surface area contributed by atoms with Crippen molar-refractivity contribution in [3.05, 3.63) is 23.2 Å². The highest BCUT2D eigenvalue weighted by atomic mass is 35.5. The second-order valence-electron chi connectivity index (χ2n) is 5.91. The van der Waals surface area contributed by atoms with Crippen molar-refractivity contribution in [2.75, 3.05) is 39.4 Å². The summed E-state index contributed by atoms with van der Waals surface area (Å²) in [6, 6.07) is 4.43. The van der Waals surface area contributed by atoms with E-state index in [4.69, 9.17) is 16.3 Å². The molecule has 1 atom stereocenters. The molecule has 1 aliphatic rings. The van der Waals surface area contributed by atoms with Gasteiger partial charge in [0.2, 0.25) is 10.0 Å². The minimum atomic E-state index is -3.60. The van der Waals surface area contributed by atoms with Gasteiger partial charge >= 0.3 is 0 Å². The Bertz CT molecular complexity index is 639. The topological polar surface area (TPSA) is 78.9 Å². The number of aliphatic hydroxyl groups is 1. The molecule has 1 aromatic carbocycles. The lowest BCUT2D eigenvalue weighted by Gasteiger charge is -2.31. The third-order valence-electron chi connectivity index (χ3n) is 4.09. The van der Waals surface area contributed by atoms with E-state index in [9.17, 15) is 13.5 Å². The van der Waals surface area contributed by atoms with Crippen LogP contribution in [0.3, 0.4) is 0 Å². The molecule has 1 aromatic rings. The molecule has 8 heteroatoms. The van der Waals surface area contributed by atoms with E-state index in [0.29, 0.717) is 36.4 Å². The van der Waals surface area contributed by atoms with Gasteiger partial charge in [0.1, 0.15) is 5.75 Å². The molecule has 0 saturated carbocycles. The van der Waals surface area contributed by atoms with E-state index in [-0.39, 0.29) is 11.5 Å². The quantitative estimate of drug-likeness (QED) is 0.722. The second-order valence-corrected chi connectivity index (χ2v) is 8.09. The summed E-state index contributed by atoms with van der Waals surface area (Å²) in [5, 5.41) is 9.63. The minimum absolute atomic E-state index is 0.141. The molecule has 1 aliphatic heterocycles. The maximum atomic E-state index is 12.4. The number of sulfonamides is 1. The summed E-state index contributed by atoms with van der Waals surface area (Å²) in [5.41, 5.74) is 0. The summed E-state index contributed by atoms with van der Waals surface area (Å²) in [6.45, 7) is 5.12. The molecule has 0 aromatic heterocycles.